The quantitative estimate of drug-likeness (QED) is 0.848. The number of hydrogen-bond donors (Lipinski definition) is 1. The molecule has 0 aliphatic rings. The van der Waals surface area contributed by atoms with Crippen molar-refractivity contribution < 1.29 is 9.59 Å². The van der Waals surface area contributed by atoms with E-state index in [2.05, 4.69) is 5.32 Å². The lowest BCUT2D eigenvalue weighted by Crippen LogP contribution is -2.32. The number of halogens is 2. The molecule has 2 aromatic rings. The first kappa shape index (κ1) is 18.8. The van der Waals surface area contributed by atoms with Gasteiger partial charge in [-0.3, -0.25) is 9.59 Å². The predicted molar refractivity (Wildman–Crippen MR) is 98.9 cm³/mol. The van der Waals surface area contributed by atoms with Crippen molar-refractivity contribution in [3.8, 4) is 6.07 Å². The molecule has 0 aliphatic carbocycles. The van der Waals surface area contributed by atoms with Crippen LogP contribution >= 0.6 is 23.2 Å². The first-order chi connectivity index (χ1) is 11.9. The summed E-state index contributed by atoms with van der Waals surface area (Å²) in [6.07, 6.45) is 0.0857. The number of carbonyl (C=O) groups excluding carboxylic acids is 2. The molecule has 0 atom stereocenters. The smallest absolute Gasteiger partial charge is 0.226 e. The fourth-order valence-electron chi connectivity index (χ4n) is 2.21. The van der Waals surface area contributed by atoms with Crippen LogP contribution in [0.5, 0.6) is 0 Å². The summed E-state index contributed by atoms with van der Waals surface area (Å²) in [4.78, 5) is 25.4. The van der Waals surface area contributed by atoms with E-state index in [9.17, 15) is 9.59 Å². The highest BCUT2D eigenvalue weighted by molar-refractivity contribution is 6.44. The Morgan fingerprint density at radius 2 is 1.84 bits per heavy atom. The van der Waals surface area contributed by atoms with E-state index in [1.807, 2.05) is 6.07 Å². The summed E-state index contributed by atoms with van der Waals surface area (Å²) < 4.78 is 0. The van der Waals surface area contributed by atoms with Crippen molar-refractivity contribution in [2.24, 2.45) is 0 Å². The van der Waals surface area contributed by atoms with Gasteiger partial charge in [-0.05, 0) is 36.4 Å². The lowest BCUT2D eigenvalue weighted by Gasteiger charge is -2.22. The predicted octanol–water partition coefficient (Wildman–Crippen LogP) is 4.25. The Balaban J connectivity index is 2.03. The summed E-state index contributed by atoms with van der Waals surface area (Å²) in [6.45, 7) is 1.56. The number of amides is 2. The average molecular weight is 376 g/mol. The van der Waals surface area contributed by atoms with Crippen LogP contribution in [0.15, 0.2) is 42.5 Å². The van der Waals surface area contributed by atoms with Gasteiger partial charge in [0, 0.05) is 25.6 Å². The Bertz CT molecular complexity index is 829. The van der Waals surface area contributed by atoms with Crippen LogP contribution in [-0.4, -0.2) is 18.4 Å². The van der Waals surface area contributed by atoms with E-state index in [4.69, 9.17) is 28.5 Å². The molecule has 25 heavy (non-hydrogen) atoms. The van der Waals surface area contributed by atoms with Crippen LogP contribution in [0.2, 0.25) is 10.0 Å². The number of benzene rings is 2. The van der Waals surface area contributed by atoms with Crippen molar-refractivity contribution in [2.45, 2.75) is 13.3 Å². The van der Waals surface area contributed by atoms with Crippen LogP contribution in [0, 0.1) is 11.3 Å². The summed E-state index contributed by atoms with van der Waals surface area (Å²) in [7, 11) is 0. The summed E-state index contributed by atoms with van der Waals surface area (Å²) in [5, 5.41) is 12.1. The third-order valence-corrected chi connectivity index (χ3v) is 4.27. The van der Waals surface area contributed by atoms with Gasteiger partial charge in [-0.25, -0.2) is 0 Å². The van der Waals surface area contributed by atoms with Crippen molar-refractivity contribution in [2.75, 3.05) is 16.8 Å². The van der Waals surface area contributed by atoms with Crippen LogP contribution < -0.4 is 10.2 Å². The molecule has 2 aromatic carbocycles. The van der Waals surface area contributed by atoms with Crippen molar-refractivity contribution in [3.63, 3.8) is 0 Å². The zero-order valence-corrected chi connectivity index (χ0v) is 14.9. The van der Waals surface area contributed by atoms with E-state index in [-0.39, 0.29) is 29.8 Å². The van der Waals surface area contributed by atoms with Gasteiger partial charge in [-0.15, -0.1) is 0 Å². The highest BCUT2D eigenvalue weighted by atomic mass is 35.5. The minimum atomic E-state index is -0.255. The molecule has 0 saturated heterocycles. The summed E-state index contributed by atoms with van der Waals surface area (Å²) in [5.41, 5.74) is 1.56. The zero-order valence-electron chi connectivity index (χ0n) is 13.4. The topological polar surface area (TPSA) is 73.2 Å². The summed E-state index contributed by atoms with van der Waals surface area (Å²) in [6, 6.07) is 13.5. The molecule has 1 N–H and O–H groups in total. The second kappa shape index (κ2) is 8.52. The third kappa shape index (κ3) is 4.96. The van der Waals surface area contributed by atoms with Crippen LogP contribution in [0.4, 0.5) is 11.4 Å². The molecular formula is C18H15Cl2N3O2. The third-order valence-electron chi connectivity index (χ3n) is 3.46. The zero-order chi connectivity index (χ0) is 18.4. The molecular weight excluding hydrogens is 361 g/mol. The highest BCUT2D eigenvalue weighted by Gasteiger charge is 2.17. The lowest BCUT2D eigenvalue weighted by molar-refractivity contribution is -0.117. The number of anilines is 2. The molecule has 0 unspecified atom stereocenters. The van der Waals surface area contributed by atoms with Crippen LogP contribution in [0.1, 0.15) is 18.9 Å². The minimum Gasteiger partial charge on any atom is -0.326 e. The molecule has 0 spiro atoms. The Morgan fingerprint density at radius 3 is 2.44 bits per heavy atom. The summed E-state index contributed by atoms with van der Waals surface area (Å²) in [5.74, 6) is -0.496. The highest BCUT2D eigenvalue weighted by Crippen LogP contribution is 2.32. The monoisotopic (exact) mass is 375 g/mol. The number of nitrogens with zero attached hydrogens (tertiary/aromatic N) is 2. The van der Waals surface area contributed by atoms with E-state index in [0.29, 0.717) is 22.0 Å². The second-order valence-corrected chi connectivity index (χ2v) is 6.02. The molecule has 0 aliphatic heterocycles. The van der Waals surface area contributed by atoms with E-state index < -0.39 is 0 Å². The summed E-state index contributed by atoms with van der Waals surface area (Å²) >= 11 is 12.1. The molecule has 0 aromatic heterocycles. The molecule has 0 bridgehead atoms. The molecule has 0 radical (unpaired) electrons. The van der Waals surface area contributed by atoms with Crippen LogP contribution in [-0.2, 0) is 9.59 Å². The first-order valence-electron chi connectivity index (χ1n) is 7.44. The Kier molecular flexibility index (Phi) is 6.40. The van der Waals surface area contributed by atoms with Gasteiger partial charge in [0.25, 0.3) is 0 Å². The second-order valence-electron chi connectivity index (χ2n) is 5.23. The van der Waals surface area contributed by atoms with E-state index >= 15 is 0 Å². The molecule has 2 amide bonds. The number of hydrogen-bond acceptors (Lipinski definition) is 3. The van der Waals surface area contributed by atoms with Crippen LogP contribution in [0.25, 0.3) is 0 Å². The van der Waals surface area contributed by atoms with Crippen molar-refractivity contribution in [1.82, 2.24) is 0 Å². The maximum atomic E-state index is 12.1. The van der Waals surface area contributed by atoms with Gasteiger partial charge >= 0.3 is 0 Å². The minimum absolute atomic E-state index is 0.0857. The number of rotatable bonds is 5. The standard InChI is InChI=1S/C18H15Cl2N3O2/c1-12(24)23(16-4-2-3-15(19)18(16)20)10-9-17(25)22-14-7-5-13(11-21)6-8-14/h2-8H,9-10H2,1H3,(H,22,25). The van der Waals surface area contributed by atoms with Crippen molar-refractivity contribution in [3.05, 3.63) is 58.1 Å². The molecule has 0 fully saturated rings. The van der Waals surface area contributed by atoms with Gasteiger partial charge in [0.15, 0.2) is 0 Å². The average Bonchev–Trinajstić information content (AvgIpc) is 2.59. The maximum absolute atomic E-state index is 12.1. The number of nitriles is 1. The Hall–Kier alpha value is -2.55. The largest absolute Gasteiger partial charge is 0.326 e. The fraction of sp³-hybridized carbons (Fsp3) is 0.167. The molecule has 2 rings (SSSR count). The normalized spacial score (nSPS) is 10.0. The fourth-order valence-corrected chi connectivity index (χ4v) is 2.61. The Labute approximate surface area is 155 Å². The molecule has 128 valence electrons. The van der Waals surface area contributed by atoms with Gasteiger partial charge < -0.3 is 10.2 Å². The molecule has 0 heterocycles. The lowest BCUT2D eigenvalue weighted by atomic mass is 10.2. The van der Waals surface area contributed by atoms with Gasteiger partial charge in [-0.2, -0.15) is 5.26 Å². The van der Waals surface area contributed by atoms with E-state index in [1.54, 1.807) is 42.5 Å². The number of nitrogens with one attached hydrogen (secondary N) is 1. The van der Waals surface area contributed by atoms with Gasteiger partial charge in [-0.1, -0.05) is 29.3 Å². The Morgan fingerprint density at radius 1 is 1.16 bits per heavy atom. The molecule has 7 heteroatoms. The molecule has 5 nitrogen and oxygen atoms in total. The van der Waals surface area contributed by atoms with Gasteiger partial charge in [0.1, 0.15) is 0 Å². The van der Waals surface area contributed by atoms with Crippen molar-refractivity contribution in [1.29, 1.82) is 5.26 Å². The van der Waals surface area contributed by atoms with Gasteiger partial charge in [0.2, 0.25) is 11.8 Å². The van der Waals surface area contributed by atoms with Gasteiger partial charge in [0.05, 0.1) is 27.4 Å². The van der Waals surface area contributed by atoms with Crippen LogP contribution in [0.3, 0.4) is 0 Å². The maximum Gasteiger partial charge on any atom is 0.226 e. The van der Waals surface area contributed by atoms with E-state index in [1.165, 1.54) is 11.8 Å². The van der Waals surface area contributed by atoms with Crippen molar-refractivity contribution >= 4 is 46.4 Å². The SMILES string of the molecule is CC(=O)N(CCC(=O)Nc1ccc(C#N)cc1)c1cccc(Cl)c1Cl. The first-order valence-corrected chi connectivity index (χ1v) is 8.20. The molecule has 0 saturated carbocycles. The number of carbonyl (C=O) groups is 2. The van der Waals surface area contributed by atoms with E-state index in [0.717, 1.165) is 0 Å².